The summed E-state index contributed by atoms with van der Waals surface area (Å²) in [6, 6.07) is 18.7. The van der Waals surface area contributed by atoms with Gasteiger partial charge in [0.2, 0.25) is 5.91 Å². The van der Waals surface area contributed by atoms with Gasteiger partial charge in [-0.1, -0.05) is 29.8 Å². The molecule has 0 atom stereocenters. The second-order valence-corrected chi connectivity index (χ2v) is 6.64. The fourth-order valence-corrected chi connectivity index (χ4v) is 3.17. The van der Waals surface area contributed by atoms with E-state index in [1.807, 2.05) is 43.3 Å². The van der Waals surface area contributed by atoms with Crippen molar-refractivity contribution in [3.63, 3.8) is 0 Å². The fourth-order valence-electron chi connectivity index (χ4n) is 3.17. The van der Waals surface area contributed by atoms with Crippen molar-refractivity contribution in [3.05, 3.63) is 77.8 Å². The normalized spacial score (nSPS) is 13.6. The fraction of sp³-hybridized carbons (Fsp3) is 0.136. The number of benzene rings is 2. The Hall–Kier alpha value is -3.72. The van der Waals surface area contributed by atoms with Crippen LogP contribution < -0.4 is 0 Å². The summed E-state index contributed by atoms with van der Waals surface area (Å²) in [5.41, 5.74) is 4.23. The molecular formula is C22H17N4O2. The molecule has 1 aliphatic rings. The van der Waals surface area contributed by atoms with Gasteiger partial charge in [0.1, 0.15) is 0 Å². The second-order valence-electron chi connectivity index (χ2n) is 6.64. The summed E-state index contributed by atoms with van der Waals surface area (Å²) in [4.78, 5) is 25.9. The van der Waals surface area contributed by atoms with Gasteiger partial charge in [-0.05, 0) is 43.7 Å². The van der Waals surface area contributed by atoms with Crippen LogP contribution in [-0.4, -0.2) is 33.0 Å². The number of nitrogens with zero attached hydrogens (tertiary/aromatic N) is 4. The highest BCUT2D eigenvalue weighted by atomic mass is 16.2. The molecule has 4 rings (SSSR count). The van der Waals surface area contributed by atoms with Crippen molar-refractivity contribution < 1.29 is 9.59 Å². The summed E-state index contributed by atoms with van der Waals surface area (Å²) in [5.74, 6) is -0.686. The standard InChI is InChI=1S/C22H17N4O2/c1-15-4-10-18(11-5-15)26-20(17-8-6-16(14-23)7-9-17)13-19(24-26)22(28)25-12-2-3-21(25)27/h3-11,13H,2,12H2,1H3. The Kier molecular flexibility index (Phi) is 4.50. The monoisotopic (exact) mass is 369 g/mol. The maximum absolute atomic E-state index is 12.8. The molecule has 1 aliphatic heterocycles. The van der Waals surface area contributed by atoms with Gasteiger partial charge in [-0.25, -0.2) is 4.68 Å². The molecule has 6 heteroatoms. The molecule has 0 saturated carbocycles. The van der Waals surface area contributed by atoms with E-state index in [0.29, 0.717) is 24.2 Å². The van der Waals surface area contributed by atoms with E-state index in [1.165, 1.54) is 11.3 Å². The van der Waals surface area contributed by atoms with Crippen molar-refractivity contribution in [2.75, 3.05) is 6.54 Å². The quantitative estimate of drug-likeness (QED) is 0.664. The smallest absolute Gasteiger partial charge is 0.277 e. The SMILES string of the molecule is Cc1ccc(-n2nc(C(=O)N3CC[CH]C3=O)cc2-c2ccc(C#N)cc2)cc1. The number of rotatable bonds is 3. The Bertz CT molecular complexity index is 1090. The van der Waals surface area contributed by atoms with Crippen LogP contribution in [0, 0.1) is 24.7 Å². The molecule has 2 amide bonds. The topological polar surface area (TPSA) is 79.0 Å². The Morgan fingerprint density at radius 3 is 2.43 bits per heavy atom. The highest BCUT2D eigenvalue weighted by molar-refractivity contribution is 6.07. The molecule has 1 saturated heterocycles. The molecule has 28 heavy (non-hydrogen) atoms. The van der Waals surface area contributed by atoms with E-state index >= 15 is 0 Å². The number of likely N-dealkylation sites (tertiary alicyclic amines) is 1. The first-order chi connectivity index (χ1) is 13.6. The predicted molar refractivity (Wildman–Crippen MR) is 103 cm³/mol. The maximum Gasteiger partial charge on any atom is 0.280 e. The van der Waals surface area contributed by atoms with Crippen molar-refractivity contribution in [2.45, 2.75) is 13.3 Å². The Morgan fingerprint density at radius 2 is 1.82 bits per heavy atom. The average Bonchev–Trinajstić information content (AvgIpc) is 3.35. The molecule has 2 heterocycles. The van der Waals surface area contributed by atoms with Crippen LogP contribution in [-0.2, 0) is 4.79 Å². The third-order valence-corrected chi connectivity index (χ3v) is 4.70. The number of aromatic nitrogens is 2. The van der Waals surface area contributed by atoms with Crippen molar-refractivity contribution in [1.82, 2.24) is 14.7 Å². The van der Waals surface area contributed by atoms with Gasteiger partial charge in [0.05, 0.1) is 29.4 Å². The molecule has 137 valence electrons. The van der Waals surface area contributed by atoms with Gasteiger partial charge in [0.25, 0.3) is 5.91 Å². The molecule has 0 unspecified atom stereocenters. The lowest BCUT2D eigenvalue weighted by atomic mass is 10.1. The zero-order chi connectivity index (χ0) is 19.7. The summed E-state index contributed by atoms with van der Waals surface area (Å²) >= 11 is 0. The Balaban J connectivity index is 1.81. The summed E-state index contributed by atoms with van der Waals surface area (Å²) in [7, 11) is 0. The van der Waals surface area contributed by atoms with Gasteiger partial charge < -0.3 is 0 Å². The summed E-state index contributed by atoms with van der Waals surface area (Å²) in [6.45, 7) is 2.38. The predicted octanol–water partition coefficient (Wildman–Crippen LogP) is 3.30. The first kappa shape index (κ1) is 17.7. The molecule has 1 fully saturated rings. The molecule has 0 aliphatic carbocycles. The van der Waals surface area contributed by atoms with E-state index in [4.69, 9.17) is 5.26 Å². The highest BCUT2D eigenvalue weighted by Gasteiger charge is 2.30. The first-order valence-corrected chi connectivity index (χ1v) is 8.93. The van der Waals surface area contributed by atoms with Gasteiger partial charge in [-0.3, -0.25) is 14.5 Å². The van der Waals surface area contributed by atoms with Gasteiger partial charge in [-0.15, -0.1) is 0 Å². The molecule has 0 N–H and O–H groups in total. The van der Waals surface area contributed by atoms with Crippen LogP contribution in [0.25, 0.3) is 16.9 Å². The largest absolute Gasteiger partial charge is 0.280 e. The lowest BCUT2D eigenvalue weighted by Gasteiger charge is -2.11. The van der Waals surface area contributed by atoms with Crippen LogP contribution in [0.15, 0.2) is 54.6 Å². The Morgan fingerprint density at radius 1 is 1.11 bits per heavy atom. The molecule has 0 spiro atoms. The lowest BCUT2D eigenvalue weighted by Crippen LogP contribution is -2.32. The number of nitriles is 1. The minimum absolute atomic E-state index is 0.212. The Labute approximate surface area is 162 Å². The summed E-state index contributed by atoms with van der Waals surface area (Å²) in [6.07, 6.45) is 2.07. The minimum atomic E-state index is -0.403. The van der Waals surface area contributed by atoms with E-state index < -0.39 is 5.91 Å². The number of hydrogen-bond donors (Lipinski definition) is 0. The van der Waals surface area contributed by atoms with Gasteiger partial charge in [0.15, 0.2) is 5.69 Å². The van der Waals surface area contributed by atoms with Gasteiger partial charge in [0, 0.05) is 12.1 Å². The number of amides is 2. The van der Waals surface area contributed by atoms with Crippen LogP contribution >= 0.6 is 0 Å². The maximum atomic E-state index is 12.8. The van der Waals surface area contributed by atoms with Crippen LogP contribution in [0.5, 0.6) is 0 Å². The van der Waals surface area contributed by atoms with E-state index in [9.17, 15) is 9.59 Å². The average molecular weight is 369 g/mol. The number of carbonyl (C=O) groups excluding carboxylic acids is 2. The van der Waals surface area contributed by atoms with Crippen molar-refractivity contribution in [2.24, 2.45) is 0 Å². The van der Waals surface area contributed by atoms with Gasteiger partial charge in [-0.2, -0.15) is 10.4 Å². The van der Waals surface area contributed by atoms with Crippen LogP contribution in [0.4, 0.5) is 0 Å². The second kappa shape index (κ2) is 7.12. The zero-order valence-electron chi connectivity index (χ0n) is 15.3. The van der Waals surface area contributed by atoms with E-state index in [0.717, 1.165) is 16.8 Å². The summed E-state index contributed by atoms with van der Waals surface area (Å²) < 4.78 is 1.69. The third kappa shape index (κ3) is 3.19. The van der Waals surface area contributed by atoms with Crippen LogP contribution in [0.1, 0.15) is 28.0 Å². The highest BCUT2D eigenvalue weighted by Crippen LogP contribution is 2.26. The summed E-state index contributed by atoms with van der Waals surface area (Å²) in [5, 5.41) is 13.5. The number of hydrogen-bond acceptors (Lipinski definition) is 4. The van der Waals surface area contributed by atoms with Crippen molar-refractivity contribution in [1.29, 1.82) is 5.26 Å². The van der Waals surface area contributed by atoms with Crippen LogP contribution in [0.3, 0.4) is 0 Å². The molecule has 2 aromatic carbocycles. The molecule has 3 aromatic rings. The molecule has 0 bridgehead atoms. The van der Waals surface area contributed by atoms with Crippen LogP contribution in [0.2, 0.25) is 0 Å². The first-order valence-electron chi connectivity index (χ1n) is 8.93. The molecule has 1 aromatic heterocycles. The number of carbonyl (C=O) groups is 2. The zero-order valence-corrected chi connectivity index (χ0v) is 15.3. The van der Waals surface area contributed by atoms with Gasteiger partial charge >= 0.3 is 0 Å². The van der Waals surface area contributed by atoms with E-state index in [-0.39, 0.29) is 11.6 Å². The van der Waals surface area contributed by atoms with Crippen molar-refractivity contribution >= 4 is 11.8 Å². The molecular weight excluding hydrogens is 352 g/mol. The lowest BCUT2D eigenvalue weighted by molar-refractivity contribution is -0.122. The molecule has 6 nitrogen and oxygen atoms in total. The van der Waals surface area contributed by atoms with E-state index in [2.05, 4.69) is 11.2 Å². The third-order valence-electron chi connectivity index (χ3n) is 4.70. The number of aryl methyl sites for hydroxylation is 1. The number of imide groups is 1. The molecule has 1 radical (unpaired) electrons. The minimum Gasteiger partial charge on any atom is -0.277 e. The van der Waals surface area contributed by atoms with Crippen molar-refractivity contribution in [3.8, 4) is 23.0 Å². The van der Waals surface area contributed by atoms with E-state index in [1.54, 1.807) is 22.9 Å².